The number of nitrogens with zero attached hydrogens (tertiary/aromatic N) is 3. The summed E-state index contributed by atoms with van der Waals surface area (Å²) < 4.78 is 0. The molecule has 10 heteroatoms. The summed E-state index contributed by atoms with van der Waals surface area (Å²) >= 11 is 2.42. The second-order valence-electron chi connectivity index (χ2n) is 9.12. The molecule has 37 heavy (non-hydrogen) atoms. The van der Waals surface area contributed by atoms with Gasteiger partial charge in [0, 0.05) is 30.7 Å². The average Bonchev–Trinajstić information content (AvgIpc) is 3.51. The van der Waals surface area contributed by atoms with Gasteiger partial charge >= 0.3 is 0 Å². The summed E-state index contributed by atoms with van der Waals surface area (Å²) in [6, 6.07) is 14.1. The van der Waals surface area contributed by atoms with E-state index in [0.717, 1.165) is 66.1 Å². The molecule has 0 atom stereocenters. The van der Waals surface area contributed by atoms with Crippen LogP contribution in [0.2, 0.25) is 0 Å². The van der Waals surface area contributed by atoms with Crippen molar-refractivity contribution in [2.75, 3.05) is 24.5 Å². The predicted octanol–water partition coefficient (Wildman–Crippen LogP) is 4.74. The van der Waals surface area contributed by atoms with Gasteiger partial charge < -0.3 is 10.2 Å². The number of Topliss-reactive ketones (excluding diaryl/α,β-unsaturated/α-hetero) is 1. The van der Waals surface area contributed by atoms with Gasteiger partial charge in [-0.15, -0.1) is 11.3 Å². The van der Waals surface area contributed by atoms with Gasteiger partial charge in [0.25, 0.3) is 11.1 Å². The average molecular weight is 534 g/mol. The molecule has 0 spiro atoms. The van der Waals surface area contributed by atoms with Gasteiger partial charge in [0.15, 0.2) is 5.78 Å². The molecule has 2 N–H and O–H groups in total. The van der Waals surface area contributed by atoms with Crippen LogP contribution in [0.1, 0.15) is 40.7 Å². The molecule has 2 aliphatic rings. The highest BCUT2D eigenvalue weighted by atomic mass is 32.2. The molecule has 0 aliphatic carbocycles. The number of thioether (sulfide) groups is 1. The molecule has 2 amide bonds. The number of thiophene rings is 1. The zero-order chi connectivity index (χ0) is 25.8. The number of rotatable bonds is 8. The molecular formula is C27H27N5O3S2. The minimum Gasteiger partial charge on any atom is -0.341 e. The minimum absolute atomic E-state index is 0.103. The lowest BCUT2D eigenvalue weighted by molar-refractivity contribution is -0.115. The number of hydrogen-bond donors (Lipinski definition) is 2. The van der Waals surface area contributed by atoms with E-state index in [1.807, 2.05) is 12.1 Å². The maximum absolute atomic E-state index is 11.8. The zero-order valence-electron chi connectivity index (χ0n) is 20.4. The second kappa shape index (κ2) is 11.4. The number of ketones is 1. The highest BCUT2D eigenvalue weighted by molar-refractivity contribution is 8.18. The number of aromatic nitrogens is 2. The summed E-state index contributed by atoms with van der Waals surface area (Å²) in [7, 11) is 0. The first-order valence-electron chi connectivity index (χ1n) is 12.2. The molecule has 1 aromatic carbocycles. The van der Waals surface area contributed by atoms with Crippen LogP contribution < -0.4 is 15.5 Å². The van der Waals surface area contributed by atoms with Crippen molar-refractivity contribution in [3.8, 4) is 10.4 Å². The summed E-state index contributed by atoms with van der Waals surface area (Å²) in [5.41, 5.74) is 2.98. The zero-order valence-corrected chi connectivity index (χ0v) is 22.0. The summed E-state index contributed by atoms with van der Waals surface area (Å²) in [5, 5.41) is 5.51. The van der Waals surface area contributed by atoms with E-state index in [4.69, 9.17) is 0 Å². The second-order valence-corrected chi connectivity index (χ2v) is 11.2. The fraction of sp³-hybridized carbons (Fsp3) is 0.296. The summed E-state index contributed by atoms with van der Waals surface area (Å²) in [4.78, 5) is 48.2. The fourth-order valence-corrected chi connectivity index (χ4v) is 5.99. The molecule has 2 aromatic heterocycles. The molecule has 2 aliphatic heterocycles. The van der Waals surface area contributed by atoms with Crippen molar-refractivity contribution >= 4 is 52.1 Å². The van der Waals surface area contributed by atoms with E-state index in [9.17, 15) is 14.4 Å². The van der Waals surface area contributed by atoms with Gasteiger partial charge in [-0.05, 0) is 85.5 Å². The number of imide groups is 1. The van der Waals surface area contributed by atoms with Crippen LogP contribution in [0.25, 0.3) is 16.5 Å². The Balaban J connectivity index is 1.11. The number of amides is 2. The monoisotopic (exact) mass is 533 g/mol. The first-order chi connectivity index (χ1) is 17.9. The van der Waals surface area contributed by atoms with Crippen LogP contribution in [-0.2, 0) is 11.3 Å². The molecule has 0 unspecified atom stereocenters. The van der Waals surface area contributed by atoms with Gasteiger partial charge in [0.1, 0.15) is 0 Å². The number of carbonyl (C=O) groups excluding carboxylic acids is 3. The lowest BCUT2D eigenvalue weighted by Gasteiger charge is -2.32. The third-order valence-electron chi connectivity index (χ3n) is 6.41. The highest BCUT2D eigenvalue weighted by Gasteiger charge is 2.25. The first-order valence-corrected chi connectivity index (χ1v) is 13.8. The third kappa shape index (κ3) is 6.33. The SMILES string of the molecule is CC(=O)c1ccc(-c2cccc(CNCC3CCN(c4nccc(/C=C5\SC(=O)NC5=O)n4)CC3)c2)s1. The van der Waals surface area contributed by atoms with Gasteiger partial charge in [-0.25, -0.2) is 9.97 Å². The van der Waals surface area contributed by atoms with E-state index in [2.05, 4.69) is 49.8 Å². The number of piperidine rings is 1. The quantitative estimate of drug-likeness (QED) is 0.316. The van der Waals surface area contributed by atoms with Crippen molar-refractivity contribution in [3.05, 3.63) is 69.7 Å². The van der Waals surface area contributed by atoms with E-state index in [1.54, 1.807) is 25.3 Å². The van der Waals surface area contributed by atoms with Crippen LogP contribution in [0.5, 0.6) is 0 Å². The van der Waals surface area contributed by atoms with Crippen molar-refractivity contribution in [2.45, 2.75) is 26.3 Å². The first kappa shape index (κ1) is 25.3. The Hall–Kier alpha value is -3.34. The lowest BCUT2D eigenvalue weighted by Crippen LogP contribution is -2.38. The maximum atomic E-state index is 11.8. The Morgan fingerprint density at radius 1 is 1.19 bits per heavy atom. The molecule has 190 valence electrons. The topological polar surface area (TPSA) is 104 Å². The van der Waals surface area contributed by atoms with Gasteiger partial charge in [-0.2, -0.15) is 0 Å². The Morgan fingerprint density at radius 2 is 2.03 bits per heavy atom. The van der Waals surface area contributed by atoms with Crippen molar-refractivity contribution in [3.63, 3.8) is 0 Å². The van der Waals surface area contributed by atoms with Crippen LogP contribution >= 0.6 is 23.1 Å². The lowest BCUT2D eigenvalue weighted by atomic mass is 9.97. The van der Waals surface area contributed by atoms with E-state index in [0.29, 0.717) is 22.5 Å². The number of nitrogens with one attached hydrogen (secondary N) is 2. The van der Waals surface area contributed by atoms with Crippen molar-refractivity contribution in [1.82, 2.24) is 20.6 Å². The third-order valence-corrected chi connectivity index (χ3v) is 8.46. The molecule has 8 nitrogen and oxygen atoms in total. The Morgan fingerprint density at radius 3 is 2.76 bits per heavy atom. The molecular weight excluding hydrogens is 506 g/mol. The molecule has 4 heterocycles. The van der Waals surface area contributed by atoms with Crippen LogP contribution in [0, 0.1) is 5.92 Å². The van der Waals surface area contributed by atoms with Crippen molar-refractivity contribution in [2.24, 2.45) is 5.92 Å². The van der Waals surface area contributed by atoms with Crippen molar-refractivity contribution in [1.29, 1.82) is 0 Å². The predicted molar refractivity (Wildman–Crippen MR) is 148 cm³/mol. The number of benzene rings is 1. The number of hydrogen-bond acceptors (Lipinski definition) is 9. The van der Waals surface area contributed by atoms with Gasteiger partial charge in [-0.1, -0.05) is 18.2 Å². The smallest absolute Gasteiger partial charge is 0.290 e. The number of anilines is 1. The summed E-state index contributed by atoms with van der Waals surface area (Å²) in [6.07, 6.45) is 5.39. The van der Waals surface area contributed by atoms with Gasteiger partial charge in [0.2, 0.25) is 5.95 Å². The maximum Gasteiger partial charge on any atom is 0.290 e. The molecule has 0 saturated carbocycles. The molecule has 2 saturated heterocycles. The van der Waals surface area contributed by atoms with E-state index < -0.39 is 0 Å². The van der Waals surface area contributed by atoms with Crippen LogP contribution in [-0.4, -0.2) is 46.5 Å². The van der Waals surface area contributed by atoms with Crippen molar-refractivity contribution < 1.29 is 14.4 Å². The van der Waals surface area contributed by atoms with Gasteiger partial charge in [0.05, 0.1) is 15.5 Å². The molecule has 0 radical (unpaired) electrons. The van der Waals surface area contributed by atoms with Crippen LogP contribution in [0.4, 0.5) is 10.7 Å². The van der Waals surface area contributed by atoms with E-state index in [1.165, 1.54) is 16.9 Å². The standard InChI is InChI=1S/C27H27N5O3S2/c1-17(33)22-5-6-23(36-22)20-4-2-3-19(13-20)16-28-15-18-8-11-32(12-9-18)26-29-10-7-21(30-26)14-24-25(34)31-27(35)37-24/h2-7,10,13-14,18,28H,8-9,11-12,15-16H2,1H3,(H,31,34,35)/b24-14-. The van der Waals surface area contributed by atoms with Crippen LogP contribution in [0.3, 0.4) is 0 Å². The molecule has 2 fully saturated rings. The molecule has 0 bridgehead atoms. The summed E-state index contributed by atoms with van der Waals surface area (Å²) in [6.45, 7) is 5.08. The Labute approximate surface area is 223 Å². The normalized spacial score (nSPS) is 17.4. The highest BCUT2D eigenvalue weighted by Crippen LogP contribution is 2.29. The van der Waals surface area contributed by atoms with E-state index >= 15 is 0 Å². The largest absolute Gasteiger partial charge is 0.341 e. The van der Waals surface area contributed by atoms with Crippen LogP contribution in [0.15, 0.2) is 53.6 Å². The molecule has 5 rings (SSSR count). The van der Waals surface area contributed by atoms with E-state index in [-0.39, 0.29) is 16.9 Å². The Bertz CT molecular complexity index is 1360. The minimum atomic E-state index is -0.385. The molecule has 3 aromatic rings. The fourth-order valence-electron chi connectivity index (χ4n) is 4.42. The number of carbonyl (C=O) groups is 3. The Kier molecular flexibility index (Phi) is 7.78. The van der Waals surface area contributed by atoms with Gasteiger partial charge in [-0.3, -0.25) is 19.7 Å². The summed E-state index contributed by atoms with van der Waals surface area (Å²) in [5.74, 6) is 0.939.